The Bertz CT molecular complexity index is 1250. The van der Waals surface area contributed by atoms with Crippen molar-refractivity contribution in [2.24, 2.45) is 0 Å². The molecule has 1 aromatic heterocycles. The maximum Gasteiger partial charge on any atom is 0.258 e. The summed E-state index contributed by atoms with van der Waals surface area (Å²) in [5.74, 6) is 1.88. The Labute approximate surface area is 342 Å². The topological polar surface area (TPSA) is 19.7 Å². The third-order valence-corrected chi connectivity index (χ3v) is 12.8. The number of nitrogens with one attached hydrogen (secondary N) is 1. The molecular formula is C53H89N2+. The van der Waals surface area contributed by atoms with E-state index in [0.717, 1.165) is 13.0 Å². The lowest BCUT2D eigenvalue weighted by molar-refractivity contribution is -0.705. The number of imidazole rings is 1. The van der Waals surface area contributed by atoms with Crippen molar-refractivity contribution in [3.63, 3.8) is 0 Å². The SMILES string of the molecule is CCCCCCCCCCCCCCCCCCC(c1[nH]cc[n+]1CCCCCCCCCCCCCCCC)C(C)(Cc1ccccc1)c1ccccc1. The van der Waals surface area contributed by atoms with Gasteiger partial charge in [0.1, 0.15) is 12.4 Å². The van der Waals surface area contributed by atoms with Crippen LogP contribution in [0, 0.1) is 0 Å². The van der Waals surface area contributed by atoms with Crippen molar-refractivity contribution in [1.82, 2.24) is 4.98 Å². The molecule has 0 aliphatic rings. The molecule has 0 aliphatic heterocycles. The van der Waals surface area contributed by atoms with Gasteiger partial charge in [0, 0.05) is 5.41 Å². The van der Waals surface area contributed by atoms with E-state index in [4.69, 9.17) is 0 Å². The van der Waals surface area contributed by atoms with Crippen LogP contribution in [-0.2, 0) is 18.4 Å². The zero-order chi connectivity index (χ0) is 38.9. The summed E-state index contributed by atoms with van der Waals surface area (Å²) in [5, 5.41) is 0. The van der Waals surface area contributed by atoms with Gasteiger partial charge in [-0.1, -0.05) is 261 Å². The highest BCUT2D eigenvalue weighted by Crippen LogP contribution is 2.43. The number of hydrogen-bond acceptors (Lipinski definition) is 0. The van der Waals surface area contributed by atoms with Gasteiger partial charge in [-0.05, 0) is 36.8 Å². The van der Waals surface area contributed by atoms with Crippen LogP contribution >= 0.6 is 0 Å². The van der Waals surface area contributed by atoms with Gasteiger partial charge in [-0.2, -0.15) is 0 Å². The first-order chi connectivity index (χ1) is 27.2. The molecule has 2 nitrogen and oxygen atoms in total. The zero-order valence-corrected chi connectivity index (χ0v) is 36.8. The smallest absolute Gasteiger partial charge is 0.247 e. The van der Waals surface area contributed by atoms with Crippen molar-refractivity contribution in [3.8, 4) is 0 Å². The average Bonchev–Trinajstić information content (AvgIpc) is 3.67. The van der Waals surface area contributed by atoms with E-state index in [-0.39, 0.29) is 5.41 Å². The molecule has 1 heterocycles. The fraction of sp³-hybridized carbons (Fsp3) is 0.717. The molecule has 0 radical (unpaired) electrons. The van der Waals surface area contributed by atoms with Crippen LogP contribution in [0.15, 0.2) is 73.1 Å². The van der Waals surface area contributed by atoms with E-state index in [1.54, 1.807) is 0 Å². The Morgan fingerprint density at radius 2 is 0.855 bits per heavy atom. The van der Waals surface area contributed by atoms with E-state index in [0.29, 0.717) is 5.92 Å². The summed E-state index contributed by atoms with van der Waals surface area (Å²) in [6.07, 6.45) is 49.3. The molecule has 0 saturated heterocycles. The largest absolute Gasteiger partial charge is 0.258 e. The zero-order valence-electron chi connectivity index (χ0n) is 36.8. The summed E-state index contributed by atoms with van der Waals surface area (Å²) in [6, 6.07) is 22.7. The maximum absolute atomic E-state index is 3.83. The summed E-state index contributed by atoms with van der Waals surface area (Å²) in [4.78, 5) is 3.83. The summed E-state index contributed by atoms with van der Waals surface area (Å²) in [5.41, 5.74) is 2.91. The quantitative estimate of drug-likeness (QED) is 0.0447. The maximum atomic E-state index is 3.83. The van der Waals surface area contributed by atoms with Crippen LogP contribution in [-0.4, -0.2) is 4.98 Å². The normalized spacial score (nSPS) is 13.3. The second kappa shape index (κ2) is 31.7. The van der Waals surface area contributed by atoms with Crippen molar-refractivity contribution >= 4 is 0 Å². The Kier molecular flexibility index (Phi) is 27.1. The highest BCUT2D eigenvalue weighted by molar-refractivity contribution is 5.32. The first-order valence-corrected chi connectivity index (χ1v) is 24.3. The number of aryl methyl sites for hydroxylation is 1. The first kappa shape index (κ1) is 47.0. The second-order valence-electron chi connectivity index (χ2n) is 17.7. The number of rotatable bonds is 37. The van der Waals surface area contributed by atoms with Crippen LogP contribution in [0.5, 0.6) is 0 Å². The molecule has 1 N–H and O–H groups in total. The van der Waals surface area contributed by atoms with E-state index >= 15 is 0 Å². The Hall–Kier alpha value is -2.35. The molecule has 2 atom stereocenters. The molecule has 0 bridgehead atoms. The predicted molar refractivity (Wildman–Crippen MR) is 242 cm³/mol. The molecule has 2 heteroatoms. The summed E-state index contributed by atoms with van der Waals surface area (Å²) >= 11 is 0. The highest BCUT2D eigenvalue weighted by atomic mass is 15.1. The lowest BCUT2D eigenvalue weighted by atomic mass is 9.66. The Morgan fingerprint density at radius 1 is 0.473 bits per heavy atom. The van der Waals surface area contributed by atoms with Gasteiger partial charge >= 0.3 is 0 Å². The van der Waals surface area contributed by atoms with E-state index in [9.17, 15) is 0 Å². The number of unbranched alkanes of at least 4 members (excludes halogenated alkanes) is 28. The molecule has 0 aliphatic carbocycles. The molecule has 0 spiro atoms. The van der Waals surface area contributed by atoms with Gasteiger partial charge in [-0.3, -0.25) is 0 Å². The standard InChI is InChI=1S/C53H88N2/c1-4-6-8-10-12-14-16-18-20-21-22-24-26-28-30-38-44-51(53(3,50-42-36-33-37-43-50)48-49-40-34-32-35-41-49)52-54-45-47-55(52)46-39-31-29-27-25-23-19-17-15-13-11-9-7-5-2/h32-37,40-43,45,47,51H,4-31,38-39,44,46,48H2,1-3H3/p+1. The lowest BCUT2D eigenvalue weighted by Gasteiger charge is -2.37. The van der Waals surface area contributed by atoms with Crippen LogP contribution in [0.2, 0.25) is 0 Å². The number of nitrogens with zero attached hydrogens (tertiary/aromatic N) is 1. The average molecular weight is 754 g/mol. The monoisotopic (exact) mass is 754 g/mol. The predicted octanol–water partition coefficient (Wildman–Crippen LogP) is 16.7. The Balaban J connectivity index is 1.47. The van der Waals surface area contributed by atoms with Gasteiger partial charge in [0.25, 0.3) is 5.82 Å². The molecule has 0 saturated carbocycles. The van der Waals surface area contributed by atoms with Gasteiger partial charge in [0.05, 0.1) is 12.5 Å². The van der Waals surface area contributed by atoms with E-state index in [1.165, 1.54) is 216 Å². The molecule has 310 valence electrons. The number of aromatic amines is 1. The third kappa shape index (κ3) is 20.6. The van der Waals surface area contributed by atoms with E-state index in [1.807, 2.05) is 0 Å². The number of H-pyrrole nitrogens is 1. The molecule has 3 rings (SSSR count). The van der Waals surface area contributed by atoms with Crippen molar-refractivity contribution in [3.05, 3.63) is 90.0 Å². The van der Waals surface area contributed by atoms with Crippen molar-refractivity contribution in [2.75, 3.05) is 0 Å². The third-order valence-electron chi connectivity index (χ3n) is 12.8. The van der Waals surface area contributed by atoms with Gasteiger partial charge in [-0.15, -0.1) is 0 Å². The van der Waals surface area contributed by atoms with Crippen LogP contribution in [0.25, 0.3) is 0 Å². The van der Waals surface area contributed by atoms with Crippen molar-refractivity contribution in [1.29, 1.82) is 0 Å². The fourth-order valence-electron chi connectivity index (χ4n) is 9.27. The minimum atomic E-state index is 0.000229. The molecular weight excluding hydrogens is 665 g/mol. The van der Waals surface area contributed by atoms with Crippen molar-refractivity contribution in [2.45, 2.75) is 244 Å². The summed E-state index contributed by atoms with van der Waals surface area (Å²) in [6.45, 7) is 8.31. The number of hydrogen-bond donors (Lipinski definition) is 1. The molecule has 2 unspecified atom stereocenters. The molecule has 2 aromatic carbocycles. The minimum absolute atomic E-state index is 0.000229. The molecule has 0 fully saturated rings. The van der Waals surface area contributed by atoms with Crippen LogP contribution < -0.4 is 4.57 Å². The molecule has 3 aromatic rings. The van der Waals surface area contributed by atoms with Gasteiger partial charge in [-0.25, -0.2) is 9.55 Å². The van der Waals surface area contributed by atoms with Crippen LogP contribution in [0.3, 0.4) is 0 Å². The van der Waals surface area contributed by atoms with Gasteiger partial charge in [0.2, 0.25) is 0 Å². The minimum Gasteiger partial charge on any atom is -0.247 e. The van der Waals surface area contributed by atoms with E-state index < -0.39 is 0 Å². The first-order valence-electron chi connectivity index (χ1n) is 24.3. The molecule has 55 heavy (non-hydrogen) atoms. The Morgan fingerprint density at radius 3 is 1.29 bits per heavy atom. The fourth-order valence-corrected chi connectivity index (χ4v) is 9.27. The van der Waals surface area contributed by atoms with Gasteiger partial charge in [0.15, 0.2) is 0 Å². The second-order valence-corrected chi connectivity index (χ2v) is 17.7. The number of aromatic nitrogens is 2. The number of benzene rings is 2. The summed E-state index contributed by atoms with van der Waals surface area (Å²) in [7, 11) is 0. The summed E-state index contributed by atoms with van der Waals surface area (Å²) < 4.78 is 2.60. The van der Waals surface area contributed by atoms with E-state index in [2.05, 4.69) is 103 Å². The van der Waals surface area contributed by atoms with Crippen LogP contribution in [0.1, 0.15) is 243 Å². The van der Waals surface area contributed by atoms with Crippen LogP contribution in [0.4, 0.5) is 0 Å². The highest BCUT2D eigenvalue weighted by Gasteiger charge is 2.42. The van der Waals surface area contributed by atoms with Crippen molar-refractivity contribution < 1.29 is 4.57 Å². The lowest BCUT2D eigenvalue weighted by Crippen LogP contribution is -2.43. The van der Waals surface area contributed by atoms with Gasteiger partial charge < -0.3 is 0 Å². The molecule has 0 amide bonds.